The molecule has 1 N–H and O–H groups in total. The van der Waals surface area contributed by atoms with Crippen molar-refractivity contribution in [2.45, 2.75) is 11.9 Å². The van der Waals surface area contributed by atoms with Crippen LogP contribution in [0.4, 0.5) is 13.2 Å². The Morgan fingerprint density at radius 2 is 2.14 bits per heavy atom. The summed E-state index contributed by atoms with van der Waals surface area (Å²) in [6.45, 7) is 0. The molecule has 21 heavy (non-hydrogen) atoms. The fourth-order valence-corrected chi connectivity index (χ4v) is 2.18. The minimum atomic E-state index is -4.46. The number of thioether (sulfide) groups is 1. The van der Waals surface area contributed by atoms with Gasteiger partial charge in [0.15, 0.2) is 5.82 Å². The van der Waals surface area contributed by atoms with E-state index in [1.165, 1.54) is 12.1 Å². The first kappa shape index (κ1) is 15.3. The zero-order valence-corrected chi connectivity index (χ0v) is 11.2. The lowest BCUT2D eigenvalue weighted by Gasteiger charge is -2.09. The molecule has 0 bridgehead atoms. The lowest BCUT2D eigenvalue weighted by molar-refractivity contribution is -0.137. The Hall–Kier alpha value is -2.10. The summed E-state index contributed by atoms with van der Waals surface area (Å²) in [4.78, 5) is 10.4. The average Bonchev–Trinajstić information content (AvgIpc) is 2.86. The quantitative estimate of drug-likeness (QED) is 0.908. The van der Waals surface area contributed by atoms with Gasteiger partial charge in [-0.3, -0.25) is 4.79 Å². The Labute approximate surface area is 121 Å². The summed E-state index contributed by atoms with van der Waals surface area (Å²) in [7, 11) is 0. The van der Waals surface area contributed by atoms with Gasteiger partial charge in [-0.15, -0.1) is 16.9 Å². The monoisotopic (exact) mass is 318 g/mol. The van der Waals surface area contributed by atoms with E-state index in [2.05, 4.69) is 15.5 Å². The van der Waals surface area contributed by atoms with Gasteiger partial charge in [0.2, 0.25) is 0 Å². The van der Waals surface area contributed by atoms with E-state index in [1.807, 2.05) is 0 Å². The number of benzene rings is 1. The number of rotatable bonds is 5. The number of hydrogen-bond acceptors (Lipinski definition) is 5. The Bertz CT molecular complexity index is 644. The molecule has 0 unspecified atom stereocenters. The number of alkyl halides is 3. The van der Waals surface area contributed by atoms with E-state index in [9.17, 15) is 18.0 Å². The largest absolute Gasteiger partial charge is 0.481 e. The van der Waals surface area contributed by atoms with E-state index in [1.54, 1.807) is 0 Å². The lowest BCUT2D eigenvalue weighted by atomic mass is 10.2. The van der Waals surface area contributed by atoms with E-state index >= 15 is 0 Å². The first-order valence-corrected chi connectivity index (χ1v) is 6.78. The van der Waals surface area contributed by atoms with Crippen LogP contribution < -0.4 is 0 Å². The Morgan fingerprint density at radius 3 is 2.81 bits per heavy atom. The summed E-state index contributed by atoms with van der Waals surface area (Å²) in [6.07, 6.45) is -4.46. The van der Waals surface area contributed by atoms with Crippen LogP contribution in [0.5, 0.6) is 0 Å². The normalized spacial score (nSPS) is 11.6. The SMILES string of the molecule is O=C(O)CSCc1nnnn1-c1cccc(C(F)(F)F)c1. The predicted molar refractivity (Wildman–Crippen MR) is 68.0 cm³/mol. The molecule has 0 atom stereocenters. The molecule has 0 fully saturated rings. The number of hydrogen-bond donors (Lipinski definition) is 1. The molecule has 0 saturated heterocycles. The van der Waals surface area contributed by atoms with Gasteiger partial charge in [0.25, 0.3) is 0 Å². The van der Waals surface area contributed by atoms with E-state index in [-0.39, 0.29) is 23.0 Å². The second-order valence-corrected chi connectivity index (χ2v) is 4.93. The minimum absolute atomic E-state index is 0.143. The first-order valence-electron chi connectivity index (χ1n) is 5.62. The van der Waals surface area contributed by atoms with Gasteiger partial charge in [0, 0.05) is 0 Å². The second-order valence-electron chi connectivity index (χ2n) is 3.94. The molecule has 0 aliphatic heterocycles. The molecule has 6 nitrogen and oxygen atoms in total. The van der Waals surface area contributed by atoms with Gasteiger partial charge in [0.05, 0.1) is 22.8 Å². The smallest absolute Gasteiger partial charge is 0.416 e. The van der Waals surface area contributed by atoms with Crippen molar-refractivity contribution >= 4 is 17.7 Å². The Kier molecular flexibility index (Phi) is 4.46. The van der Waals surface area contributed by atoms with Crippen LogP contribution in [0.25, 0.3) is 5.69 Å². The van der Waals surface area contributed by atoms with E-state index in [0.29, 0.717) is 0 Å². The van der Waals surface area contributed by atoms with E-state index in [0.717, 1.165) is 28.6 Å². The molecule has 0 amide bonds. The van der Waals surface area contributed by atoms with Gasteiger partial charge in [-0.25, -0.2) is 0 Å². The van der Waals surface area contributed by atoms with E-state index < -0.39 is 17.7 Å². The molecular weight excluding hydrogens is 309 g/mol. The number of nitrogens with zero attached hydrogens (tertiary/aromatic N) is 4. The number of carboxylic acids is 1. The highest BCUT2D eigenvalue weighted by atomic mass is 32.2. The van der Waals surface area contributed by atoms with Crippen molar-refractivity contribution in [1.82, 2.24) is 20.2 Å². The first-order chi connectivity index (χ1) is 9.88. The van der Waals surface area contributed by atoms with Crippen molar-refractivity contribution in [1.29, 1.82) is 0 Å². The standard InChI is InChI=1S/C11H9F3N4O2S/c12-11(13,14)7-2-1-3-8(4-7)18-9(15-16-17-18)5-21-6-10(19)20/h1-4H,5-6H2,(H,19,20). The number of carbonyl (C=O) groups is 1. The fraction of sp³-hybridized carbons (Fsp3) is 0.273. The van der Waals surface area contributed by atoms with Crippen LogP contribution in [0.3, 0.4) is 0 Å². The highest BCUT2D eigenvalue weighted by Gasteiger charge is 2.30. The molecule has 0 saturated carbocycles. The molecule has 0 aliphatic rings. The van der Waals surface area contributed by atoms with Crippen LogP contribution in [-0.4, -0.2) is 37.0 Å². The zero-order chi connectivity index (χ0) is 15.5. The number of aromatic nitrogens is 4. The summed E-state index contributed by atoms with van der Waals surface area (Å²) < 4.78 is 39.2. The number of tetrazole rings is 1. The van der Waals surface area contributed by atoms with Crippen LogP contribution in [0.2, 0.25) is 0 Å². The van der Waals surface area contributed by atoms with Crippen LogP contribution in [0, 0.1) is 0 Å². The molecule has 1 heterocycles. The highest BCUT2D eigenvalue weighted by molar-refractivity contribution is 7.99. The van der Waals surface area contributed by atoms with Crippen molar-refractivity contribution in [3.8, 4) is 5.69 Å². The topological polar surface area (TPSA) is 80.9 Å². The van der Waals surface area contributed by atoms with Gasteiger partial charge in [-0.2, -0.15) is 17.9 Å². The molecule has 1 aromatic heterocycles. The molecule has 10 heteroatoms. The number of halogens is 3. The van der Waals surface area contributed by atoms with Crippen LogP contribution in [0.1, 0.15) is 11.4 Å². The molecule has 0 spiro atoms. The van der Waals surface area contributed by atoms with Gasteiger partial charge in [-0.1, -0.05) is 6.07 Å². The molecule has 112 valence electrons. The summed E-state index contributed by atoms with van der Waals surface area (Å²) >= 11 is 1.05. The Morgan fingerprint density at radius 1 is 1.38 bits per heavy atom. The highest BCUT2D eigenvalue weighted by Crippen LogP contribution is 2.30. The molecule has 2 rings (SSSR count). The van der Waals surface area contributed by atoms with Crippen molar-refractivity contribution in [2.75, 3.05) is 5.75 Å². The van der Waals surface area contributed by atoms with Crippen LogP contribution >= 0.6 is 11.8 Å². The lowest BCUT2D eigenvalue weighted by Crippen LogP contribution is -2.08. The maximum atomic E-state index is 12.7. The van der Waals surface area contributed by atoms with Gasteiger partial charge in [0.1, 0.15) is 0 Å². The maximum Gasteiger partial charge on any atom is 0.416 e. The van der Waals surface area contributed by atoms with Gasteiger partial charge >= 0.3 is 12.1 Å². The number of aliphatic carboxylic acids is 1. The molecular formula is C11H9F3N4O2S. The third kappa shape index (κ3) is 3.94. The van der Waals surface area contributed by atoms with E-state index in [4.69, 9.17) is 5.11 Å². The summed E-state index contributed by atoms with van der Waals surface area (Å²) in [6, 6.07) is 4.58. The molecule has 1 aromatic carbocycles. The summed E-state index contributed by atoms with van der Waals surface area (Å²) in [5.74, 6) is -0.677. The average molecular weight is 318 g/mol. The van der Waals surface area contributed by atoms with Crippen molar-refractivity contribution in [2.24, 2.45) is 0 Å². The Balaban J connectivity index is 2.23. The van der Waals surface area contributed by atoms with Gasteiger partial charge < -0.3 is 5.11 Å². The summed E-state index contributed by atoms with van der Waals surface area (Å²) in [5, 5.41) is 19.3. The second kappa shape index (κ2) is 6.12. The molecule has 2 aromatic rings. The third-order valence-electron chi connectivity index (χ3n) is 2.41. The van der Waals surface area contributed by atoms with Crippen molar-refractivity contribution < 1.29 is 23.1 Å². The predicted octanol–water partition coefficient (Wildman–Crippen LogP) is 2.00. The number of carboxylic acid groups (broad SMARTS) is 1. The molecule has 0 radical (unpaired) electrons. The summed E-state index contributed by atoms with van der Waals surface area (Å²) in [5.41, 5.74) is -0.639. The van der Waals surface area contributed by atoms with Crippen LogP contribution in [-0.2, 0) is 16.7 Å². The minimum Gasteiger partial charge on any atom is -0.481 e. The van der Waals surface area contributed by atoms with Crippen molar-refractivity contribution in [3.63, 3.8) is 0 Å². The third-order valence-corrected chi connectivity index (χ3v) is 3.32. The van der Waals surface area contributed by atoms with Crippen LogP contribution in [0.15, 0.2) is 24.3 Å². The fourth-order valence-electron chi connectivity index (χ4n) is 1.54. The van der Waals surface area contributed by atoms with Crippen molar-refractivity contribution in [3.05, 3.63) is 35.7 Å². The van der Waals surface area contributed by atoms with Gasteiger partial charge in [-0.05, 0) is 28.6 Å². The zero-order valence-electron chi connectivity index (χ0n) is 10.4. The molecule has 0 aliphatic carbocycles. The maximum absolute atomic E-state index is 12.7.